The number of nitrogens with zero attached hydrogens (tertiary/aromatic N) is 1. The van der Waals surface area contributed by atoms with Gasteiger partial charge in [0, 0.05) is 11.3 Å². The van der Waals surface area contributed by atoms with Crippen molar-refractivity contribution in [1.29, 1.82) is 0 Å². The van der Waals surface area contributed by atoms with Crippen molar-refractivity contribution in [2.24, 2.45) is 5.92 Å². The number of urea groups is 1. The fourth-order valence-electron chi connectivity index (χ4n) is 3.95. The molecule has 1 saturated heterocycles. The van der Waals surface area contributed by atoms with E-state index in [0.29, 0.717) is 11.3 Å². The van der Waals surface area contributed by atoms with E-state index >= 15 is 0 Å². The minimum atomic E-state index is -0.930. The molecule has 1 atom stereocenters. The van der Waals surface area contributed by atoms with Crippen LogP contribution in [0.15, 0.2) is 24.3 Å². The summed E-state index contributed by atoms with van der Waals surface area (Å²) in [5, 5.41) is 5.47. The first kappa shape index (κ1) is 19.1. The second-order valence-corrected chi connectivity index (χ2v) is 7.54. The zero-order valence-electron chi connectivity index (χ0n) is 15.7. The van der Waals surface area contributed by atoms with Crippen LogP contribution in [0, 0.1) is 5.92 Å². The fourth-order valence-corrected chi connectivity index (χ4v) is 3.95. The van der Waals surface area contributed by atoms with E-state index in [1.165, 1.54) is 6.92 Å². The molecule has 7 nitrogen and oxygen atoms in total. The smallest absolute Gasteiger partial charge is 0.325 e. The van der Waals surface area contributed by atoms with E-state index in [-0.39, 0.29) is 24.2 Å². The lowest BCUT2D eigenvalue weighted by molar-refractivity contribution is -0.135. The van der Waals surface area contributed by atoms with Crippen molar-refractivity contribution < 1.29 is 19.2 Å². The lowest BCUT2D eigenvalue weighted by Gasteiger charge is -2.34. The summed E-state index contributed by atoms with van der Waals surface area (Å²) in [6.45, 7) is 2.90. The molecule has 0 unspecified atom stereocenters. The maximum atomic E-state index is 12.9. The summed E-state index contributed by atoms with van der Waals surface area (Å²) in [7, 11) is 0. The Bertz CT molecular complexity index is 768. The van der Waals surface area contributed by atoms with Crippen LogP contribution in [-0.2, 0) is 9.59 Å². The van der Waals surface area contributed by atoms with Crippen molar-refractivity contribution in [3.63, 3.8) is 0 Å². The number of amides is 4. The second kappa shape index (κ2) is 7.50. The van der Waals surface area contributed by atoms with Gasteiger partial charge in [-0.2, -0.15) is 0 Å². The third kappa shape index (κ3) is 3.86. The Morgan fingerprint density at radius 3 is 2.37 bits per heavy atom. The molecule has 1 aromatic rings. The van der Waals surface area contributed by atoms with Gasteiger partial charge in [0.25, 0.3) is 5.91 Å². The molecule has 0 spiro atoms. The number of hydrogen-bond donors (Lipinski definition) is 2. The lowest BCUT2D eigenvalue weighted by Crippen LogP contribution is -2.51. The Hall–Kier alpha value is -2.70. The first-order valence-electron chi connectivity index (χ1n) is 9.36. The van der Waals surface area contributed by atoms with Gasteiger partial charge in [0.15, 0.2) is 5.78 Å². The van der Waals surface area contributed by atoms with E-state index in [0.717, 1.165) is 37.0 Å². The van der Waals surface area contributed by atoms with E-state index in [1.807, 2.05) is 0 Å². The van der Waals surface area contributed by atoms with E-state index in [1.54, 1.807) is 31.2 Å². The van der Waals surface area contributed by atoms with Crippen LogP contribution in [0.4, 0.5) is 10.5 Å². The highest BCUT2D eigenvalue weighted by molar-refractivity contribution is 6.10. The standard InChI is InChI=1S/C20H25N3O4/c1-13(24)14-8-10-16(11-9-14)21-17(25)12-23-18(26)20(2,22-19(23)27)15-6-4-3-5-7-15/h8-11,15H,3-7,12H2,1-2H3,(H,21,25)(H,22,27)/t20-/m0/s1. The molecule has 3 rings (SSSR count). The summed E-state index contributed by atoms with van der Waals surface area (Å²) in [6, 6.07) is 5.95. The number of hydrogen-bond acceptors (Lipinski definition) is 4. The molecule has 1 aliphatic heterocycles. The first-order valence-corrected chi connectivity index (χ1v) is 9.36. The molecular formula is C20H25N3O4. The highest BCUT2D eigenvalue weighted by Gasteiger charge is 2.52. The summed E-state index contributed by atoms with van der Waals surface area (Å²) in [4.78, 5) is 49.8. The molecule has 0 aromatic heterocycles. The van der Waals surface area contributed by atoms with Crippen molar-refractivity contribution in [3.05, 3.63) is 29.8 Å². The summed E-state index contributed by atoms with van der Waals surface area (Å²) in [5.41, 5.74) is 0.124. The second-order valence-electron chi connectivity index (χ2n) is 7.54. The monoisotopic (exact) mass is 371 g/mol. The number of anilines is 1. The van der Waals surface area contributed by atoms with Gasteiger partial charge >= 0.3 is 6.03 Å². The normalized spacial score (nSPS) is 23.3. The molecule has 2 aliphatic rings. The summed E-state index contributed by atoms with van der Waals surface area (Å²) >= 11 is 0. The van der Waals surface area contributed by atoms with Crippen LogP contribution in [0.2, 0.25) is 0 Å². The number of carbonyl (C=O) groups excluding carboxylic acids is 4. The van der Waals surface area contributed by atoms with Crippen LogP contribution in [0.3, 0.4) is 0 Å². The Morgan fingerprint density at radius 1 is 1.15 bits per heavy atom. The van der Waals surface area contributed by atoms with Crippen LogP contribution in [0.25, 0.3) is 0 Å². The quantitative estimate of drug-likeness (QED) is 0.614. The third-order valence-electron chi connectivity index (χ3n) is 5.60. The number of imide groups is 1. The van der Waals surface area contributed by atoms with E-state index in [9.17, 15) is 19.2 Å². The predicted molar refractivity (Wildman–Crippen MR) is 100 cm³/mol. The van der Waals surface area contributed by atoms with E-state index in [2.05, 4.69) is 10.6 Å². The Kier molecular flexibility index (Phi) is 5.30. The van der Waals surface area contributed by atoms with Crippen molar-refractivity contribution in [1.82, 2.24) is 10.2 Å². The third-order valence-corrected chi connectivity index (χ3v) is 5.60. The van der Waals surface area contributed by atoms with Crippen LogP contribution >= 0.6 is 0 Å². The van der Waals surface area contributed by atoms with Gasteiger partial charge < -0.3 is 10.6 Å². The van der Waals surface area contributed by atoms with Gasteiger partial charge in [0.05, 0.1) is 0 Å². The molecule has 1 aromatic carbocycles. The number of Topliss-reactive ketones (excluding diaryl/α,β-unsaturated/α-hetero) is 1. The van der Waals surface area contributed by atoms with Gasteiger partial charge in [-0.15, -0.1) is 0 Å². The van der Waals surface area contributed by atoms with Crippen LogP contribution in [0.5, 0.6) is 0 Å². The van der Waals surface area contributed by atoms with Gasteiger partial charge in [-0.25, -0.2) is 4.79 Å². The molecule has 1 heterocycles. The SMILES string of the molecule is CC(=O)c1ccc(NC(=O)CN2C(=O)N[C@@](C)(C3CCCCC3)C2=O)cc1. The Balaban J connectivity index is 1.64. The van der Waals surface area contributed by atoms with Crippen LogP contribution in [-0.4, -0.2) is 40.6 Å². The van der Waals surface area contributed by atoms with Gasteiger partial charge in [0.2, 0.25) is 5.91 Å². The molecule has 27 heavy (non-hydrogen) atoms. The average Bonchev–Trinajstić information content (AvgIpc) is 2.87. The molecule has 144 valence electrons. The number of carbonyl (C=O) groups is 4. The summed E-state index contributed by atoms with van der Waals surface area (Å²) in [5.74, 6) is -0.743. The Labute approximate surface area is 158 Å². The van der Waals surface area contributed by atoms with Crippen LogP contribution in [0.1, 0.15) is 56.3 Å². The predicted octanol–water partition coefficient (Wildman–Crippen LogP) is 2.72. The molecular weight excluding hydrogens is 346 g/mol. The van der Waals surface area contributed by atoms with Crippen molar-refractivity contribution in [2.45, 2.75) is 51.5 Å². The van der Waals surface area contributed by atoms with Crippen molar-refractivity contribution in [2.75, 3.05) is 11.9 Å². The zero-order valence-corrected chi connectivity index (χ0v) is 15.7. The zero-order chi connectivity index (χ0) is 19.6. The largest absolute Gasteiger partial charge is 0.325 e. The van der Waals surface area contributed by atoms with E-state index < -0.39 is 17.5 Å². The summed E-state index contributed by atoms with van der Waals surface area (Å²) < 4.78 is 0. The number of benzene rings is 1. The molecule has 7 heteroatoms. The first-order chi connectivity index (χ1) is 12.8. The minimum Gasteiger partial charge on any atom is -0.325 e. The molecule has 0 bridgehead atoms. The minimum absolute atomic E-state index is 0.0609. The topological polar surface area (TPSA) is 95.6 Å². The highest BCUT2D eigenvalue weighted by Crippen LogP contribution is 2.36. The van der Waals surface area contributed by atoms with Crippen LogP contribution < -0.4 is 10.6 Å². The molecule has 1 aliphatic carbocycles. The highest BCUT2D eigenvalue weighted by atomic mass is 16.2. The Morgan fingerprint density at radius 2 is 1.78 bits per heavy atom. The molecule has 2 fully saturated rings. The summed E-state index contributed by atoms with van der Waals surface area (Å²) in [6.07, 6.45) is 5.08. The van der Waals surface area contributed by atoms with Gasteiger partial charge in [-0.1, -0.05) is 19.3 Å². The van der Waals surface area contributed by atoms with Gasteiger partial charge in [-0.05, 0) is 56.9 Å². The number of ketones is 1. The van der Waals surface area contributed by atoms with Crippen molar-refractivity contribution >= 4 is 29.3 Å². The van der Waals surface area contributed by atoms with Crippen molar-refractivity contribution in [3.8, 4) is 0 Å². The van der Waals surface area contributed by atoms with Gasteiger partial charge in [-0.3, -0.25) is 19.3 Å². The molecule has 0 radical (unpaired) electrons. The number of rotatable bonds is 5. The molecule has 1 saturated carbocycles. The lowest BCUT2D eigenvalue weighted by atomic mass is 9.75. The maximum absolute atomic E-state index is 12.9. The van der Waals surface area contributed by atoms with E-state index in [4.69, 9.17) is 0 Å². The number of nitrogens with one attached hydrogen (secondary N) is 2. The maximum Gasteiger partial charge on any atom is 0.325 e. The molecule has 2 N–H and O–H groups in total. The molecule has 4 amide bonds. The fraction of sp³-hybridized carbons (Fsp3) is 0.500. The van der Waals surface area contributed by atoms with Gasteiger partial charge in [0.1, 0.15) is 12.1 Å². The average molecular weight is 371 g/mol.